The van der Waals surface area contributed by atoms with Crippen LogP contribution in [0.4, 0.5) is 0 Å². The Balaban J connectivity index is 0.000000176. The molecule has 0 fully saturated rings. The minimum Gasteiger partial charge on any atom is -0.348 e. The highest BCUT2D eigenvalue weighted by molar-refractivity contribution is 7.91. The molecule has 64 heavy (non-hydrogen) atoms. The second-order valence-corrected chi connectivity index (χ2v) is 18.6. The van der Waals surface area contributed by atoms with Crippen molar-refractivity contribution in [2.24, 2.45) is 0 Å². The monoisotopic (exact) mass is 887 g/mol. The number of aromatic nitrogens is 5. The molecule has 0 aliphatic rings. The van der Waals surface area contributed by atoms with Crippen molar-refractivity contribution in [3.8, 4) is 11.1 Å². The van der Waals surface area contributed by atoms with E-state index in [1.165, 1.54) is 6.20 Å². The average molecular weight is 888 g/mol. The Morgan fingerprint density at radius 1 is 0.578 bits per heavy atom. The van der Waals surface area contributed by atoms with Gasteiger partial charge >= 0.3 is 0 Å². The van der Waals surface area contributed by atoms with Crippen LogP contribution in [-0.2, 0) is 39.2 Å². The van der Waals surface area contributed by atoms with Gasteiger partial charge in [0.1, 0.15) is 5.65 Å². The third-order valence-corrected chi connectivity index (χ3v) is 14.0. The van der Waals surface area contributed by atoms with Crippen molar-refractivity contribution in [1.29, 1.82) is 0 Å². The Labute approximate surface area is 369 Å². The van der Waals surface area contributed by atoms with E-state index in [1.807, 2.05) is 49.4 Å². The third-order valence-electron chi connectivity index (χ3n) is 10.4. The molecule has 0 saturated carbocycles. The Hall–Kier alpha value is -7.75. The summed E-state index contributed by atoms with van der Waals surface area (Å²) in [6, 6.07) is 41.9. The predicted molar refractivity (Wildman–Crippen MR) is 243 cm³/mol. The molecule has 2 amide bonds. The molecular formula is C49H41N7O6S2. The summed E-state index contributed by atoms with van der Waals surface area (Å²) < 4.78 is 53.9. The number of carbonyl (C=O) groups excluding carboxylic acids is 2. The number of nitrogens with zero attached hydrogens (tertiary/aromatic N) is 4. The number of benzene rings is 5. The number of rotatable bonds is 12. The molecule has 0 aliphatic carbocycles. The first kappa shape index (κ1) is 42.9. The molecule has 13 nitrogen and oxygen atoms in total. The molecule has 0 bridgehead atoms. The van der Waals surface area contributed by atoms with Crippen LogP contribution in [-0.4, -0.2) is 53.2 Å². The number of imidazole rings is 1. The number of H-pyrrole nitrogens is 1. The van der Waals surface area contributed by atoms with Crippen LogP contribution in [0.25, 0.3) is 27.8 Å². The number of amides is 2. The van der Waals surface area contributed by atoms with E-state index in [9.17, 15) is 26.4 Å². The number of carbonyl (C=O) groups is 2. The van der Waals surface area contributed by atoms with Gasteiger partial charge in [-0.1, -0.05) is 85.8 Å². The highest BCUT2D eigenvalue weighted by atomic mass is 32.2. The molecule has 4 aromatic heterocycles. The van der Waals surface area contributed by atoms with E-state index in [1.54, 1.807) is 132 Å². The van der Waals surface area contributed by atoms with Crippen LogP contribution in [0, 0.1) is 0 Å². The van der Waals surface area contributed by atoms with Crippen LogP contribution in [0.1, 0.15) is 44.3 Å². The van der Waals surface area contributed by atoms with Crippen molar-refractivity contribution >= 4 is 48.2 Å². The van der Waals surface area contributed by atoms with Gasteiger partial charge < -0.3 is 15.0 Å². The van der Waals surface area contributed by atoms with Gasteiger partial charge in [-0.25, -0.2) is 26.8 Å². The van der Waals surface area contributed by atoms with E-state index < -0.39 is 19.7 Å². The number of aryl methyl sites for hydroxylation is 1. The lowest BCUT2D eigenvalue weighted by Gasteiger charge is -2.09. The largest absolute Gasteiger partial charge is 0.348 e. The smallest absolute Gasteiger partial charge is 0.253 e. The molecular weight excluding hydrogens is 847 g/mol. The highest BCUT2D eigenvalue weighted by Crippen LogP contribution is 2.27. The van der Waals surface area contributed by atoms with Gasteiger partial charge in [-0.3, -0.25) is 14.7 Å². The van der Waals surface area contributed by atoms with E-state index in [0.717, 1.165) is 45.3 Å². The summed E-state index contributed by atoms with van der Waals surface area (Å²) in [5.41, 5.74) is 6.69. The number of pyridine rings is 2. The standard InChI is InChI=1S/C27H21N3O3S.C22H20N4O3S/c31-27(23-11-14-26-28-15-16-30(26)19-23)29-18-20-9-12-24(13-10-20)34(32,33)25-8-4-7-22(17-25)21-5-2-1-3-6-21;1-2-15-4-3-5-20(10-15)30(28,29)19-8-6-16(7-9-19)12-24-22(27)18-11-17-14-25-26-21(17)23-13-18/h1-17,19H,18H2,(H,29,31);3-11,13-14H,2,12H2,1H3,(H,24,27)(H,23,25,26). The molecule has 3 N–H and O–H groups in total. The molecule has 0 spiro atoms. The number of aromatic amines is 1. The first-order valence-electron chi connectivity index (χ1n) is 20.2. The van der Waals surface area contributed by atoms with Crippen molar-refractivity contribution < 1.29 is 26.4 Å². The highest BCUT2D eigenvalue weighted by Gasteiger charge is 2.20. The predicted octanol–water partition coefficient (Wildman–Crippen LogP) is 8.05. The molecule has 5 aromatic carbocycles. The maximum atomic E-state index is 13.2. The summed E-state index contributed by atoms with van der Waals surface area (Å²) in [6.45, 7) is 2.54. The van der Waals surface area contributed by atoms with E-state index in [4.69, 9.17) is 0 Å². The number of nitrogens with one attached hydrogen (secondary N) is 3. The molecule has 320 valence electrons. The zero-order valence-corrected chi connectivity index (χ0v) is 36.1. The Kier molecular flexibility index (Phi) is 12.5. The molecule has 9 aromatic rings. The van der Waals surface area contributed by atoms with Crippen molar-refractivity contribution in [1.82, 2.24) is 35.2 Å². The van der Waals surface area contributed by atoms with Gasteiger partial charge in [0.25, 0.3) is 11.8 Å². The zero-order valence-electron chi connectivity index (χ0n) is 34.4. The van der Waals surface area contributed by atoms with Gasteiger partial charge in [-0.15, -0.1) is 0 Å². The lowest BCUT2D eigenvalue weighted by atomic mass is 10.1. The number of hydrogen-bond acceptors (Lipinski definition) is 9. The van der Waals surface area contributed by atoms with Gasteiger partial charge in [-0.2, -0.15) is 5.10 Å². The fourth-order valence-electron chi connectivity index (χ4n) is 6.83. The van der Waals surface area contributed by atoms with Crippen LogP contribution in [0.2, 0.25) is 0 Å². The molecule has 0 atom stereocenters. The second-order valence-electron chi connectivity index (χ2n) is 14.7. The Morgan fingerprint density at radius 3 is 1.84 bits per heavy atom. The fraction of sp³-hybridized carbons (Fsp3) is 0.0816. The summed E-state index contributed by atoms with van der Waals surface area (Å²) in [7, 11) is -7.25. The van der Waals surface area contributed by atoms with E-state index in [2.05, 4.69) is 30.8 Å². The summed E-state index contributed by atoms with van der Waals surface area (Å²) in [6.07, 6.45) is 9.03. The average Bonchev–Trinajstić information content (AvgIpc) is 4.03. The second kappa shape index (κ2) is 18.7. The maximum Gasteiger partial charge on any atom is 0.253 e. The summed E-state index contributed by atoms with van der Waals surface area (Å²) in [5.74, 6) is -0.483. The minimum atomic E-state index is -3.67. The quantitative estimate of drug-likeness (QED) is 0.109. The number of sulfone groups is 2. The van der Waals surface area contributed by atoms with Crippen molar-refractivity contribution in [3.63, 3.8) is 0 Å². The lowest BCUT2D eigenvalue weighted by molar-refractivity contribution is 0.0942. The van der Waals surface area contributed by atoms with Gasteiger partial charge in [0.15, 0.2) is 5.65 Å². The molecule has 0 aliphatic heterocycles. The summed E-state index contributed by atoms with van der Waals surface area (Å²) in [5, 5.41) is 13.1. The SMILES string of the molecule is CCc1cccc(S(=O)(=O)c2ccc(CNC(=O)c3cnc4[nH]ncc4c3)cc2)c1.O=C(NCc1ccc(S(=O)(=O)c2cccc(-c3ccccc3)c2)cc1)c1ccc2nccn2c1. The first-order valence-corrected chi connectivity index (χ1v) is 23.2. The summed E-state index contributed by atoms with van der Waals surface area (Å²) in [4.78, 5) is 34.1. The molecule has 0 radical (unpaired) electrons. The Bertz CT molecular complexity index is 3330. The van der Waals surface area contributed by atoms with Crippen LogP contribution >= 0.6 is 0 Å². The van der Waals surface area contributed by atoms with Crippen molar-refractivity contribution in [2.75, 3.05) is 0 Å². The van der Waals surface area contributed by atoms with Crippen molar-refractivity contribution in [2.45, 2.75) is 46.0 Å². The normalized spacial score (nSPS) is 11.5. The number of hydrogen-bond donors (Lipinski definition) is 3. The molecule has 0 unspecified atom stereocenters. The maximum absolute atomic E-state index is 13.2. The van der Waals surface area contributed by atoms with Gasteiger partial charge in [0, 0.05) is 43.3 Å². The van der Waals surface area contributed by atoms with Crippen molar-refractivity contribution in [3.05, 3.63) is 204 Å². The zero-order chi connectivity index (χ0) is 44.7. The first-order chi connectivity index (χ1) is 31.0. The topological polar surface area (TPSA) is 185 Å². The molecule has 4 heterocycles. The summed E-state index contributed by atoms with van der Waals surface area (Å²) >= 11 is 0. The Morgan fingerprint density at radius 2 is 1.19 bits per heavy atom. The van der Waals surface area contributed by atoms with E-state index in [-0.39, 0.29) is 44.5 Å². The molecule has 9 rings (SSSR count). The van der Waals surface area contributed by atoms with Crippen LogP contribution in [0.15, 0.2) is 196 Å². The number of fused-ring (bicyclic) bond motifs is 2. The molecule has 0 saturated heterocycles. The van der Waals surface area contributed by atoms with Crippen LogP contribution in [0.3, 0.4) is 0 Å². The van der Waals surface area contributed by atoms with Gasteiger partial charge in [0.05, 0.1) is 36.9 Å². The minimum absolute atomic E-state index is 0.207. The van der Waals surface area contributed by atoms with E-state index >= 15 is 0 Å². The van der Waals surface area contributed by atoms with Gasteiger partial charge in [0.2, 0.25) is 19.7 Å². The van der Waals surface area contributed by atoms with Crippen LogP contribution in [0.5, 0.6) is 0 Å². The van der Waals surface area contributed by atoms with E-state index in [0.29, 0.717) is 16.8 Å². The van der Waals surface area contributed by atoms with Crippen LogP contribution < -0.4 is 10.6 Å². The van der Waals surface area contributed by atoms with Gasteiger partial charge in [-0.05, 0) is 101 Å². The third kappa shape index (κ3) is 9.65. The lowest BCUT2D eigenvalue weighted by Crippen LogP contribution is -2.23. The fourth-order valence-corrected chi connectivity index (χ4v) is 9.47. The molecule has 15 heteroatoms.